The Balaban J connectivity index is 1.97. The molecular formula is C14H17FN2O4. The molecule has 0 aliphatic heterocycles. The predicted molar refractivity (Wildman–Crippen MR) is 73.8 cm³/mol. The van der Waals surface area contributed by atoms with Gasteiger partial charge in [-0.3, -0.25) is 0 Å². The number of aromatic carboxylic acids is 1. The van der Waals surface area contributed by atoms with Crippen molar-refractivity contribution in [1.29, 1.82) is 0 Å². The van der Waals surface area contributed by atoms with E-state index >= 15 is 0 Å². The molecule has 4 N–H and O–H groups in total. The number of anilines is 1. The Bertz CT molecular complexity index is 550. The van der Waals surface area contributed by atoms with Gasteiger partial charge in [0.2, 0.25) is 0 Å². The molecule has 1 aromatic rings. The van der Waals surface area contributed by atoms with Crippen LogP contribution < -0.4 is 10.6 Å². The van der Waals surface area contributed by atoms with Gasteiger partial charge in [0, 0.05) is 0 Å². The van der Waals surface area contributed by atoms with Crippen LogP contribution in [0.15, 0.2) is 18.2 Å². The fourth-order valence-electron chi connectivity index (χ4n) is 2.36. The van der Waals surface area contributed by atoms with Crippen LogP contribution in [0, 0.1) is 5.82 Å². The highest BCUT2D eigenvalue weighted by atomic mass is 19.1. The van der Waals surface area contributed by atoms with E-state index in [0.717, 1.165) is 18.9 Å². The van der Waals surface area contributed by atoms with Gasteiger partial charge in [-0.25, -0.2) is 14.0 Å². The molecule has 1 saturated carbocycles. The SMILES string of the molecule is O=C(Nc1ccc(C(=O)O)cc1F)NC1CCCCC1O. The van der Waals surface area contributed by atoms with Gasteiger partial charge in [0.1, 0.15) is 5.82 Å². The van der Waals surface area contributed by atoms with Crippen molar-refractivity contribution in [1.82, 2.24) is 5.32 Å². The number of hydrogen-bond acceptors (Lipinski definition) is 3. The predicted octanol–water partition coefficient (Wildman–Crippen LogP) is 1.95. The summed E-state index contributed by atoms with van der Waals surface area (Å²) in [4.78, 5) is 22.5. The number of urea groups is 1. The molecule has 114 valence electrons. The number of carbonyl (C=O) groups excluding carboxylic acids is 1. The quantitative estimate of drug-likeness (QED) is 0.685. The molecule has 0 aromatic heterocycles. The monoisotopic (exact) mass is 296 g/mol. The molecule has 0 saturated heterocycles. The second-order valence-corrected chi connectivity index (χ2v) is 5.06. The lowest BCUT2D eigenvalue weighted by molar-refractivity contribution is 0.0696. The number of carboxylic acids is 1. The molecule has 0 bridgehead atoms. The van der Waals surface area contributed by atoms with E-state index in [-0.39, 0.29) is 17.3 Å². The topological polar surface area (TPSA) is 98.7 Å². The van der Waals surface area contributed by atoms with Crippen LogP contribution in [0.1, 0.15) is 36.0 Å². The summed E-state index contributed by atoms with van der Waals surface area (Å²) in [6.07, 6.45) is 2.56. The first-order valence-corrected chi connectivity index (χ1v) is 6.76. The number of rotatable bonds is 3. The zero-order chi connectivity index (χ0) is 15.4. The standard InChI is InChI=1S/C14H17FN2O4/c15-9-7-8(13(19)20)5-6-10(9)16-14(21)17-11-3-1-2-4-12(11)18/h5-7,11-12,18H,1-4H2,(H,19,20)(H2,16,17,21). The van der Waals surface area contributed by atoms with Crippen LogP contribution in [-0.4, -0.2) is 34.4 Å². The lowest BCUT2D eigenvalue weighted by Gasteiger charge is -2.28. The van der Waals surface area contributed by atoms with E-state index in [4.69, 9.17) is 5.11 Å². The van der Waals surface area contributed by atoms with Gasteiger partial charge in [-0.2, -0.15) is 0 Å². The van der Waals surface area contributed by atoms with Crippen LogP contribution in [0.3, 0.4) is 0 Å². The normalized spacial score (nSPS) is 21.6. The van der Waals surface area contributed by atoms with Crippen molar-refractivity contribution < 1.29 is 24.2 Å². The van der Waals surface area contributed by atoms with E-state index in [0.29, 0.717) is 12.8 Å². The van der Waals surface area contributed by atoms with Crippen molar-refractivity contribution in [2.45, 2.75) is 37.8 Å². The molecule has 21 heavy (non-hydrogen) atoms. The molecule has 2 unspecified atom stereocenters. The maximum absolute atomic E-state index is 13.7. The summed E-state index contributed by atoms with van der Waals surface area (Å²) in [5.74, 6) is -2.07. The Morgan fingerprint density at radius 1 is 1.24 bits per heavy atom. The van der Waals surface area contributed by atoms with Gasteiger partial charge in [0.15, 0.2) is 0 Å². The van der Waals surface area contributed by atoms with Crippen molar-refractivity contribution in [3.63, 3.8) is 0 Å². The molecular weight excluding hydrogens is 279 g/mol. The highest BCUT2D eigenvalue weighted by Crippen LogP contribution is 2.19. The molecule has 1 aliphatic carbocycles. The molecule has 1 aliphatic rings. The van der Waals surface area contributed by atoms with E-state index in [1.54, 1.807) is 0 Å². The number of halogens is 1. The van der Waals surface area contributed by atoms with Gasteiger partial charge in [-0.15, -0.1) is 0 Å². The highest BCUT2D eigenvalue weighted by Gasteiger charge is 2.24. The molecule has 0 radical (unpaired) electrons. The lowest BCUT2D eigenvalue weighted by Crippen LogP contribution is -2.46. The number of benzene rings is 1. The number of amides is 2. The minimum absolute atomic E-state index is 0.109. The van der Waals surface area contributed by atoms with Crippen molar-refractivity contribution >= 4 is 17.7 Å². The van der Waals surface area contributed by atoms with Crippen LogP contribution >= 0.6 is 0 Å². The molecule has 0 spiro atoms. The highest BCUT2D eigenvalue weighted by molar-refractivity contribution is 5.91. The Labute approximate surface area is 121 Å². The fraction of sp³-hybridized carbons (Fsp3) is 0.429. The summed E-state index contributed by atoms with van der Waals surface area (Å²) in [6, 6.07) is 2.27. The first-order valence-electron chi connectivity index (χ1n) is 6.76. The zero-order valence-corrected chi connectivity index (χ0v) is 11.3. The first-order chi connectivity index (χ1) is 9.97. The van der Waals surface area contributed by atoms with Gasteiger partial charge in [-0.05, 0) is 31.0 Å². The lowest BCUT2D eigenvalue weighted by atomic mass is 9.93. The molecule has 1 aromatic carbocycles. The van der Waals surface area contributed by atoms with E-state index < -0.39 is 23.9 Å². The van der Waals surface area contributed by atoms with Crippen molar-refractivity contribution in [2.75, 3.05) is 5.32 Å². The summed E-state index contributed by atoms with van der Waals surface area (Å²) < 4.78 is 13.7. The Hall–Kier alpha value is -2.15. The molecule has 2 rings (SSSR count). The van der Waals surface area contributed by atoms with Gasteiger partial charge in [0.05, 0.1) is 23.4 Å². The number of carboxylic acid groups (broad SMARTS) is 1. The van der Waals surface area contributed by atoms with Crippen molar-refractivity contribution in [2.24, 2.45) is 0 Å². The maximum atomic E-state index is 13.7. The molecule has 2 atom stereocenters. The summed E-state index contributed by atoms with van der Waals surface area (Å²) in [6.45, 7) is 0. The van der Waals surface area contributed by atoms with Crippen LogP contribution in [0.5, 0.6) is 0 Å². The summed E-state index contributed by atoms with van der Waals surface area (Å²) in [7, 11) is 0. The van der Waals surface area contributed by atoms with Gasteiger partial charge >= 0.3 is 12.0 Å². The molecule has 2 amide bonds. The van der Waals surface area contributed by atoms with Crippen LogP contribution in [0.2, 0.25) is 0 Å². The van der Waals surface area contributed by atoms with Crippen LogP contribution in [0.25, 0.3) is 0 Å². The average molecular weight is 296 g/mol. The van der Waals surface area contributed by atoms with Crippen LogP contribution in [0.4, 0.5) is 14.9 Å². The van der Waals surface area contributed by atoms with Gasteiger partial charge in [-0.1, -0.05) is 12.8 Å². The smallest absolute Gasteiger partial charge is 0.335 e. The second-order valence-electron chi connectivity index (χ2n) is 5.06. The summed E-state index contributed by atoms with van der Waals surface area (Å²) in [5, 5.41) is 23.4. The second kappa shape index (κ2) is 6.53. The van der Waals surface area contributed by atoms with Crippen molar-refractivity contribution in [3.8, 4) is 0 Å². The third-order valence-electron chi connectivity index (χ3n) is 3.51. The largest absolute Gasteiger partial charge is 0.478 e. The first kappa shape index (κ1) is 15.2. The van der Waals surface area contributed by atoms with E-state index in [1.807, 2.05) is 0 Å². The number of carbonyl (C=O) groups is 2. The number of aliphatic hydroxyl groups excluding tert-OH is 1. The van der Waals surface area contributed by atoms with Crippen molar-refractivity contribution in [3.05, 3.63) is 29.6 Å². The van der Waals surface area contributed by atoms with Crippen LogP contribution in [-0.2, 0) is 0 Å². The zero-order valence-electron chi connectivity index (χ0n) is 11.3. The summed E-state index contributed by atoms with van der Waals surface area (Å²) in [5.41, 5.74) is -0.302. The minimum Gasteiger partial charge on any atom is -0.478 e. The maximum Gasteiger partial charge on any atom is 0.335 e. The van der Waals surface area contributed by atoms with Gasteiger partial charge in [0.25, 0.3) is 0 Å². The Kier molecular flexibility index (Phi) is 4.74. The molecule has 1 fully saturated rings. The number of nitrogens with one attached hydrogen (secondary N) is 2. The Morgan fingerprint density at radius 3 is 2.57 bits per heavy atom. The third-order valence-corrected chi connectivity index (χ3v) is 3.51. The molecule has 7 heteroatoms. The van der Waals surface area contributed by atoms with Gasteiger partial charge < -0.3 is 20.8 Å². The van der Waals surface area contributed by atoms with E-state index in [1.165, 1.54) is 12.1 Å². The molecule has 6 nitrogen and oxygen atoms in total. The Morgan fingerprint density at radius 2 is 1.95 bits per heavy atom. The van der Waals surface area contributed by atoms with E-state index in [2.05, 4.69) is 10.6 Å². The third kappa shape index (κ3) is 3.91. The number of aliphatic hydroxyl groups is 1. The average Bonchev–Trinajstić information content (AvgIpc) is 2.43. The summed E-state index contributed by atoms with van der Waals surface area (Å²) >= 11 is 0. The molecule has 0 heterocycles. The van der Waals surface area contributed by atoms with E-state index in [9.17, 15) is 19.1 Å². The fourth-order valence-corrected chi connectivity index (χ4v) is 2.36. The minimum atomic E-state index is -1.24. The number of hydrogen-bond donors (Lipinski definition) is 4.